The van der Waals surface area contributed by atoms with Gasteiger partial charge in [-0.1, -0.05) is 221 Å². The van der Waals surface area contributed by atoms with Gasteiger partial charge in [0.05, 0.1) is 0 Å². The van der Waals surface area contributed by atoms with Gasteiger partial charge in [0.2, 0.25) is 0 Å². The highest BCUT2D eigenvalue weighted by atomic mass is 16.6. The molecule has 0 spiro atoms. The summed E-state index contributed by atoms with van der Waals surface area (Å²) in [4.78, 5) is 38.0. The van der Waals surface area contributed by atoms with Gasteiger partial charge in [-0.05, 0) is 89.9 Å². The van der Waals surface area contributed by atoms with E-state index in [4.69, 9.17) is 14.2 Å². The minimum atomic E-state index is -0.800. The minimum Gasteiger partial charge on any atom is -0.462 e. The Morgan fingerprint density at radius 3 is 1.05 bits per heavy atom. The molecule has 0 rings (SSSR count). The number of ether oxygens (including phenoxy) is 3. The molecule has 0 aromatic rings. The maximum atomic E-state index is 12.8. The number of hydrogen-bond acceptors (Lipinski definition) is 6. The van der Waals surface area contributed by atoms with Crippen molar-refractivity contribution in [1.82, 2.24) is 0 Å². The Morgan fingerprint density at radius 1 is 0.328 bits per heavy atom. The predicted molar refractivity (Wildman–Crippen MR) is 274 cm³/mol. The summed E-state index contributed by atoms with van der Waals surface area (Å²) in [5.74, 6) is -0.963. The number of hydrogen-bond donors (Lipinski definition) is 0. The first-order valence-corrected chi connectivity index (χ1v) is 26.6. The lowest BCUT2D eigenvalue weighted by Crippen LogP contribution is -2.30. The lowest BCUT2D eigenvalue weighted by atomic mass is 10.0. The Bertz CT molecular complexity index is 1250. The second kappa shape index (κ2) is 52.2. The van der Waals surface area contributed by atoms with Crippen molar-refractivity contribution >= 4 is 17.9 Å². The van der Waals surface area contributed by atoms with Crippen molar-refractivity contribution < 1.29 is 28.6 Å². The Kier molecular flexibility index (Phi) is 49.4. The molecular formula is C58H98O6. The second-order valence-corrected chi connectivity index (χ2v) is 17.4. The van der Waals surface area contributed by atoms with Crippen LogP contribution >= 0.6 is 0 Å². The third-order valence-corrected chi connectivity index (χ3v) is 11.1. The van der Waals surface area contributed by atoms with Crippen LogP contribution in [0, 0.1) is 0 Å². The van der Waals surface area contributed by atoms with Gasteiger partial charge in [-0.2, -0.15) is 0 Å². The van der Waals surface area contributed by atoms with Gasteiger partial charge in [-0.25, -0.2) is 0 Å². The van der Waals surface area contributed by atoms with Crippen LogP contribution in [0.2, 0.25) is 0 Å². The summed E-state index contributed by atoms with van der Waals surface area (Å²) >= 11 is 0. The van der Waals surface area contributed by atoms with Crippen LogP contribution in [-0.2, 0) is 28.6 Å². The van der Waals surface area contributed by atoms with Gasteiger partial charge in [0, 0.05) is 19.3 Å². The number of unbranched alkanes of at least 4 members (excludes halogenated alkanes) is 22. The fourth-order valence-corrected chi connectivity index (χ4v) is 7.15. The zero-order chi connectivity index (χ0) is 46.5. The fourth-order valence-electron chi connectivity index (χ4n) is 7.15. The van der Waals surface area contributed by atoms with Crippen molar-refractivity contribution in [3.63, 3.8) is 0 Å². The third-order valence-electron chi connectivity index (χ3n) is 11.1. The predicted octanol–water partition coefficient (Wildman–Crippen LogP) is 17.6. The molecule has 0 aliphatic rings. The van der Waals surface area contributed by atoms with Crippen LogP contribution in [-0.4, -0.2) is 37.2 Å². The average molecular weight is 891 g/mol. The third kappa shape index (κ3) is 49.6. The topological polar surface area (TPSA) is 78.9 Å². The number of carbonyl (C=O) groups is 3. The van der Waals surface area contributed by atoms with Crippen LogP contribution < -0.4 is 0 Å². The molecule has 0 amide bonds. The molecule has 64 heavy (non-hydrogen) atoms. The van der Waals surface area contributed by atoms with E-state index in [1.165, 1.54) is 109 Å². The molecule has 1 atom stereocenters. The maximum Gasteiger partial charge on any atom is 0.306 e. The lowest BCUT2D eigenvalue weighted by Gasteiger charge is -2.18. The quantitative estimate of drug-likeness (QED) is 0.0262. The van der Waals surface area contributed by atoms with Gasteiger partial charge in [-0.3, -0.25) is 14.4 Å². The normalized spacial score (nSPS) is 12.7. The van der Waals surface area contributed by atoms with Crippen molar-refractivity contribution in [3.8, 4) is 0 Å². The number of allylic oxidation sites excluding steroid dienone is 14. The lowest BCUT2D eigenvalue weighted by molar-refractivity contribution is -0.167. The smallest absolute Gasteiger partial charge is 0.306 e. The summed E-state index contributed by atoms with van der Waals surface area (Å²) in [7, 11) is 0. The molecule has 0 saturated heterocycles. The molecular weight excluding hydrogens is 793 g/mol. The van der Waals surface area contributed by atoms with Crippen molar-refractivity contribution in [2.24, 2.45) is 0 Å². The van der Waals surface area contributed by atoms with E-state index in [9.17, 15) is 14.4 Å². The first-order chi connectivity index (χ1) is 31.5. The fraction of sp³-hybridized carbons (Fsp3) is 0.707. The monoisotopic (exact) mass is 891 g/mol. The SMILES string of the molecule is CC/C=C\C/C=C\C/C=C\C/C=C\C/C=C\CCCC(=O)OC[C@H](COC(=O)CCCCCCCCC/C=C\C/C=C\CCCCC)OC(=O)CCCCCCCCCCCCCC. The van der Waals surface area contributed by atoms with Gasteiger partial charge in [-0.15, -0.1) is 0 Å². The van der Waals surface area contributed by atoms with Crippen molar-refractivity contribution in [1.29, 1.82) is 0 Å². The van der Waals surface area contributed by atoms with Gasteiger partial charge >= 0.3 is 17.9 Å². The molecule has 0 saturated carbocycles. The van der Waals surface area contributed by atoms with E-state index in [0.717, 1.165) is 89.9 Å². The van der Waals surface area contributed by atoms with Crippen LogP contribution in [0.4, 0.5) is 0 Å². The average Bonchev–Trinajstić information content (AvgIpc) is 3.29. The summed E-state index contributed by atoms with van der Waals surface area (Å²) in [5.41, 5.74) is 0. The standard InChI is InChI=1S/C58H98O6/c1-4-7-10-13-16-19-22-25-27-29-31-33-36-38-41-44-47-50-56(59)62-53-55(64-58(61)52-49-46-43-40-35-24-21-18-15-12-9-6-3)54-63-57(60)51-48-45-42-39-37-34-32-30-28-26-23-20-17-14-11-8-5-2/h7,10,16-17,19-20,25-28,31,33,38,41,55H,4-6,8-9,11-15,18,21-24,29-30,32,34-37,39-40,42-54H2,1-3H3/b10-7-,19-16-,20-17-,27-25-,28-26-,33-31-,41-38-/t55-/m1/s1. The molecule has 0 fully saturated rings. The molecule has 6 heteroatoms. The molecule has 366 valence electrons. The van der Waals surface area contributed by atoms with E-state index < -0.39 is 6.10 Å². The minimum absolute atomic E-state index is 0.0972. The van der Waals surface area contributed by atoms with Crippen molar-refractivity contribution in [2.75, 3.05) is 13.2 Å². The van der Waals surface area contributed by atoms with Gasteiger partial charge in [0.15, 0.2) is 6.10 Å². The highest BCUT2D eigenvalue weighted by molar-refractivity contribution is 5.71. The van der Waals surface area contributed by atoms with E-state index in [1.54, 1.807) is 0 Å². The molecule has 0 aliphatic heterocycles. The molecule has 0 unspecified atom stereocenters. The molecule has 0 aromatic heterocycles. The molecule has 0 aliphatic carbocycles. The van der Waals surface area contributed by atoms with Crippen molar-refractivity contribution in [3.05, 3.63) is 85.1 Å². The summed E-state index contributed by atoms with van der Waals surface area (Å²) in [6, 6.07) is 0. The van der Waals surface area contributed by atoms with Gasteiger partial charge in [0.1, 0.15) is 13.2 Å². The zero-order valence-electron chi connectivity index (χ0n) is 41.8. The molecule has 0 aromatic carbocycles. The van der Waals surface area contributed by atoms with E-state index in [-0.39, 0.29) is 37.5 Å². The van der Waals surface area contributed by atoms with Crippen LogP contribution in [0.5, 0.6) is 0 Å². The molecule has 0 heterocycles. The first kappa shape index (κ1) is 60.6. The van der Waals surface area contributed by atoms with E-state index >= 15 is 0 Å². The number of rotatable bonds is 47. The van der Waals surface area contributed by atoms with E-state index in [1.807, 2.05) is 0 Å². The Hall–Kier alpha value is -3.41. The van der Waals surface area contributed by atoms with Gasteiger partial charge in [0.25, 0.3) is 0 Å². The first-order valence-electron chi connectivity index (χ1n) is 26.6. The molecule has 0 N–H and O–H groups in total. The summed E-state index contributed by atoms with van der Waals surface area (Å²) < 4.78 is 16.8. The Morgan fingerprint density at radius 2 is 0.625 bits per heavy atom. The van der Waals surface area contributed by atoms with Crippen molar-refractivity contribution in [2.45, 2.75) is 252 Å². The highest BCUT2D eigenvalue weighted by Gasteiger charge is 2.19. The van der Waals surface area contributed by atoms with Crippen LogP contribution in [0.3, 0.4) is 0 Å². The zero-order valence-corrected chi connectivity index (χ0v) is 41.8. The number of carbonyl (C=O) groups excluding carboxylic acids is 3. The van der Waals surface area contributed by atoms with Crippen LogP contribution in [0.15, 0.2) is 85.1 Å². The van der Waals surface area contributed by atoms with E-state index in [2.05, 4.69) is 106 Å². The molecule has 0 radical (unpaired) electrons. The second-order valence-electron chi connectivity index (χ2n) is 17.4. The number of esters is 3. The van der Waals surface area contributed by atoms with E-state index in [0.29, 0.717) is 19.3 Å². The Balaban J connectivity index is 4.46. The van der Waals surface area contributed by atoms with Crippen LogP contribution in [0.25, 0.3) is 0 Å². The summed E-state index contributed by atoms with van der Waals surface area (Å²) in [6.07, 6.45) is 67.1. The molecule has 6 nitrogen and oxygen atoms in total. The maximum absolute atomic E-state index is 12.8. The largest absolute Gasteiger partial charge is 0.462 e. The van der Waals surface area contributed by atoms with Gasteiger partial charge < -0.3 is 14.2 Å². The van der Waals surface area contributed by atoms with Crippen LogP contribution in [0.1, 0.15) is 245 Å². The molecule has 0 bridgehead atoms. The highest BCUT2D eigenvalue weighted by Crippen LogP contribution is 2.14. The Labute approximate surface area is 395 Å². The summed E-state index contributed by atoms with van der Waals surface area (Å²) in [5, 5.41) is 0. The summed E-state index contributed by atoms with van der Waals surface area (Å²) in [6.45, 7) is 6.44.